The van der Waals surface area contributed by atoms with Gasteiger partial charge in [-0.1, -0.05) is 18.2 Å². The molecule has 0 aliphatic heterocycles. The van der Waals surface area contributed by atoms with Gasteiger partial charge in [-0.3, -0.25) is 15.1 Å². The molecule has 6 rings (SSSR count). The van der Waals surface area contributed by atoms with Crippen LogP contribution in [0, 0.1) is 10.1 Å². The van der Waals surface area contributed by atoms with Crippen LogP contribution in [0.4, 0.5) is 11.5 Å². The van der Waals surface area contributed by atoms with Gasteiger partial charge < -0.3 is 5.32 Å². The molecule has 0 saturated carbocycles. The molecule has 1 unspecified atom stereocenters. The van der Waals surface area contributed by atoms with E-state index in [9.17, 15) is 10.1 Å². The van der Waals surface area contributed by atoms with Crippen molar-refractivity contribution in [2.45, 2.75) is 25.3 Å². The van der Waals surface area contributed by atoms with E-state index in [-0.39, 0.29) is 10.6 Å². The summed E-state index contributed by atoms with van der Waals surface area (Å²) in [6, 6.07) is 6.63. The Hall–Kier alpha value is -3.72. The lowest BCUT2D eigenvalue weighted by Crippen LogP contribution is -2.10. The number of fused-ring (bicyclic) bond motifs is 6. The number of hydrogen-bond acceptors (Lipinski definition) is 8. The molecular formula is C22H16N6O2S. The number of anilines is 1. The molecule has 9 heteroatoms. The summed E-state index contributed by atoms with van der Waals surface area (Å²) in [5.74, 6) is 1.77. The third-order valence-electron chi connectivity index (χ3n) is 5.75. The third kappa shape index (κ3) is 2.89. The Morgan fingerprint density at radius 1 is 1.26 bits per heavy atom. The minimum atomic E-state index is -0.382. The van der Waals surface area contributed by atoms with Crippen LogP contribution in [0.25, 0.3) is 27.3 Å². The van der Waals surface area contributed by atoms with Crippen molar-refractivity contribution in [3.63, 3.8) is 0 Å². The number of nitrogens with one attached hydrogen (secondary N) is 1. The van der Waals surface area contributed by atoms with Gasteiger partial charge in [0.05, 0.1) is 16.5 Å². The van der Waals surface area contributed by atoms with E-state index in [1.807, 2.05) is 6.07 Å². The van der Waals surface area contributed by atoms with Crippen molar-refractivity contribution in [1.82, 2.24) is 19.9 Å². The number of hydrogen-bond donors (Lipinski definition) is 1. The minimum absolute atomic E-state index is 0.0750. The summed E-state index contributed by atoms with van der Waals surface area (Å²) in [6.45, 7) is 0.417. The van der Waals surface area contributed by atoms with Crippen LogP contribution in [0.3, 0.4) is 0 Å². The van der Waals surface area contributed by atoms with Gasteiger partial charge in [-0.2, -0.15) is 0 Å². The number of nitro groups is 1. The van der Waals surface area contributed by atoms with Crippen LogP contribution >= 0.6 is 11.3 Å². The Morgan fingerprint density at radius 3 is 3.03 bits per heavy atom. The summed E-state index contributed by atoms with van der Waals surface area (Å²) in [4.78, 5) is 31.1. The van der Waals surface area contributed by atoms with E-state index in [1.165, 1.54) is 22.1 Å². The second kappa shape index (κ2) is 6.92. The SMILES string of the molecule is O=[N+]([O-])c1cccc(CNc2nc(-c3cnccn3)nc3sc4c(c23)C2=CCCC24)c1. The molecule has 2 aliphatic rings. The molecule has 31 heavy (non-hydrogen) atoms. The van der Waals surface area contributed by atoms with Crippen LogP contribution in [0.15, 0.2) is 48.9 Å². The Morgan fingerprint density at radius 2 is 2.19 bits per heavy atom. The van der Waals surface area contributed by atoms with Crippen LogP contribution in [-0.4, -0.2) is 24.9 Å². The average Bonchev–Trinajstić information content (AvgIpc) is 3.35. The van der Waals surface area contributed by atoms with Gasteiger partial charge in [0, 0.05) is 47.4 Å². The fraction of sp³-hybridized carbons (Fsp3) is 0.182. The number of benzene rings is 1. The third-order valence-corrected chi connectivity index (χ3v) is 6.95. The molecule has 1 N–H and O–H groups in total. The molecule has 0 spiro atoms. The largest absolute Gasteiger partial charge is 0.365 e. The highest BCUT2D eigenvalue weighted by Gasteiger charge is 2.39. The zero-order valence-electron chi connectivity index (χ0n) is 16.3. The van der Waals surface area contributed by atoms with E-state index in [2.05, 4.69) is 21.4 Å². The topological polar surface area (TPSA) is 107 Å². The van der Waals surface area contributed by atoms with Crippen LogP contribution < -0.4 is 5.32 Å². The van der Waals surface area contributed by atoms with Gasteiger partial charge in [0.25, 0.3) is 5.69 Å². The first-order valence-electron chi connectivity index (χ1n) is 9.97. The van der Waals surface area contributed by atoms with Crippen molar-refractivity contribution in [3.8, 4) is 11.5 Å². The van der Waals surface area contributed by atoms with Crippen molar-refractivity contribution >= 4 is 38.6 Å². The molecule has 0 bridgehead atoms. The monoisotopic (exact) mass is 428 g/mol. The molecule has 0 amide bonds. The standard InChI is InChI=1S/C22H16N6O2S/c29-28(30)13-4-1-3-12(9-13)10-25-21-18-17-14-5-2-6-15(14)19(17)31-22(18)27-20(26-21)16-11-23-7-8-24-16/h1,3-5,7-9,11,15H,2,6,10H2,(H,25,26,27). The van der Waals surface area contributed by atoms with E-state index in [1.54, 1.807) is 42.1 Å². The molecule has 8 nitrogen and oxygen atoms in total. The fourth-order valence-electron chi connectivity index (χ4n) is 4.35. The van der Waals surface area contributed by atoms with Gasteiger partial charge in [-0.15, -0.1) is 11.3 Å². The van der Waals surface area contributed by atoms with Gasteiger partial charge in [0.2, 0.25) is 0 Å². The quantitative estimate of drug-likeness (QED) is 0.354. The summed E-state index contributed by atoms with van der Waals surface area (Å²) in [5, 5.41) is 15.5. The lowest BCUT2D eigenvalue weighted by molar-refractivity contribution is -0.384. The molecular weight excluding hydrogens is 412 g/mol. The summed E-state index contributed by atoms with van der Waals surface area (Å²) >= 11 is 1.72. The van der Waals surface area contributed by atoms with Gasteiger partial charge in [0.15, 0.2) is 5.82 Å². The maximum Gasteiger partial charge on any atom is 0.269 e. The molecule has 3 heterocycles. The number of nitrogens with zero attached hydrogens (tertiary/aromatic N) is 5. The summed E-state index contributed by atoms with van der Waals surface area (Å²) in [7, 11) is 0. The highest BCUT2D eigenvalue weighted by molar-refractivity contribution is 7.19. The fourth-order valence-corrected chi connectivity index (χ4v) is 5.70. The van der Waals surface area contributed by atoms with E-state index < -0.39 is 0 Å². The smallest absolute Gasteiger partial charge is 0.269 e. The summed E-state index contributed by atoms with van der Waals surface area (Å²) in [6.07, 6.45) is 9.48. The van der Waals surface area contributed by atoms with Crippen molar-refractivity contribution in [1.29, 1.82) is 0 Å². The molecule has 0 saturated heterocycles. The van der Waals surface area contributed by atoms with Crippen molar-refractivity contribution in [3.05, 3.63) is 75.1 Å². The molecule has 0 fully saturated rings. The van der Waals surface area contributed by atoms with Crippen LogP contribution in [0.1, 0.15) is 34.8 Å². The minimum Gasteiger partial charge on any atom is -0.365 e. The maximum atomic E-state index is 11.1. The molecule has 4 aromatic rings. The second-order valence-electron chi connectivity index (χ2n) is 7.58. The molecule has 152 valence electrons. The van der Waals surface area contributed by atoms with Crippen molar-refractivity contribution in [2.75, 3.05) is 5.32 Å². The maximum absolute atomic E-state index is 11.1. The highest BCUT2D eigenvalue weighted by atomic mass is 32.1. The molecule has 2 aliphatic carbocycles. The van der Waals surface area contributed by atoms with E-state index >= 15 is 0 Å². The number of allylic oxidation sites excluding steroid dienone is 2. The molecule has 1 atom stereocenters. The number of rotatable bonds is 5. The predicted octanol–water partition coefficient (Wildman–Crippen LogP) is 4.94. The number of nitro benzene ring substituents is 1. The number of aromatic nitrogens is 4. The zero-order chi connectivity index (χ0) is 20.9. The van der Waals surface area contributed by atoms with Crippen LogP contribution in [0.5, 0.6) is 0 Å². The predicted molar refractivity (Wildman–Crippen MR) is 119 cm³/mol. The van der Waals surface area contributed by atoms with Gasteiger partial charge in [0.1, 0.15) is 16.3 Å². The van der Waals surface area contributed by atoms with E-state index in [0.717, 1.165) is 34.4 Å². The van der Waals surface area contributed by atoms with Crippen molar-refractivity contribution in [2.24, 2.45) is 0 Å². The van der Waals surface area contributed by atoms with Crippen LogP contribution in [0.2, 0.25) is 0 Å². The first-order valence-corrected chi connectivity index (χ1v) is 10.8. The summed E-state index contributed by atoms with van der Waals surface area (Å²) < 4.78 is 0. The number of non-ortho nitro benzene ring substituents is 1. The Kier molecular flexibility index (Phi) is 4.03. The zero-order valence-corrected chi connectivity index (χ0v) is 17.1. The van der Waals surface area contributed by atoms with Gasteiger partial charge in [-0.05, 0) is 24.0 Å². The summed E-state index contributed by atoms with van der Waals surface area (Å²) in [5.41, 5.74) is 4.16. The van der Waals surface area contributed by atoms with Gasteiger partial charge >= 0.3 is 0 Å². The number of thiophene rings is 1. The Balaban J connectivity index is 1.45. The highest BCUT2D eigenvalue weighted by Crippen LogP contribution is 2.59. The first-order chi connectivity index (χ1) is 15.2. The molecule has 3 aromatic heterocycles. The lowest BCUT2D eigenvalue weighted by Gasteiger charge is -2.26. The Bertz CT molecular complexity index is 1380. The lowest BCUT2D eigenvalue weighted by atomic mass is 9.80. The van der Waals surface area contributed by atoms with Crippen molar-refractivity contribution < 1.29 is 4.92 Å². The first kappa shape index (κ1) is 18.1. The second-order valence-corrected chi connectivity index (χ2v) is 8.61. The van der Waals surface area contributed by atoms with Gasteiger partial charge in [-0.25, -0.2) is 15.0 Å². The van der Waals surface area contributed by atoms with Crippen LogP contribution in [-0.2, 0) is 6.54 Å². The Labute approximate surface area is 180 Å². The van der Waals surface area contributed by atoms with E-state index in [0.29, 0.717) is 24.0 Å². The molecule has 1 aromatic carbocycles. The molecule has 0 radical (unpaired) electrons. The normalized spacial score (nSPS) is 16.4. The average molecular weight is 428 g/mol. The van der Waals surface area contributed by atoms with E-state index in [4.69, 9.17) is 9.97 Å².